The van der Waals surface area contributed by atoms with Crippen LogP contribution in [0.4, 0.5) is 0 Å². The molecule has 0 aliphatic rings. The van der Waals surface area contributed by atoms with Gasteiger partial charge in [-0.25, -0.2) is 15.6 Å². The molecule has 6 N–H and O–H groups in total. The first kappa shape index (κ1) is 83.2. The molecule has 0 aromatic heterocycles. The lowest BCUT2D eigenvalue weighted by atomic mass is 10.1. The summed E-state index contributed by atoms with van der Waals surface area (Å²) in [5, 5.41) is 29.8. The first-order valence-electron chi connectivity index (χ1n) is 31.4. The Morgan fingerprint density at radius 3 is 1.02 bits per heavy atom. The number of carbonyl (C=O) groups excluding carboxylic acids is 6. The van der Waals surface area contributed by atoms with Crippen molar-refractivity contribution in [2.45, 2.75) is 96.7 Å². The predicted molar refractivity (Wildman–Crippen MR) is 379 cm³/mol. The minimum Gasteiger partial charge on any atom is -0.496 e. The highest BCUT2D eigenvalue weighted by Gasteiger charge is 2.23. The molecule has 28 heteroatoms. The van der Waals surface area contributed by atoms with Crippen LogP contribution >= 0.6 is 18.9 Å². The average Bonchev–Trinajstić information content (AvgIpc) is 0.836. The van der Waals surface area contributed by atoms with Crippen molar-refractivity contribution < 1.29 is 93.9 Å². The Kier molecular flexibility index (Phi) is 41.3. The zero-order valence-corrected chi connectivity index (χ0v) is 60.0. The number of carbonyl (C=O) groups is 6. The molecule has 0 spiro atoms. The van der Waals surface area contributed by atoms with Gasteiger partial charge in [0.25, 0.3) is 0 Å². The van der Waals surface area contributed by atoms with Crippen LogP contribution in [0.3, 0.4) is 0 Å². The Balaban J connectivity index is 0.000000692. The van der Waals surface area contributed by atoms with E-state index in [2.05, 4.69) is 34.9 Å². The van der Waals surface area contributed by atoms with Gasteiger partial charge in [0.05, 0.1) is 98.8 Å². The van der Waals surface area contributed by atoms with Crippen molar-refractivity contribution in [3.8, 4) is 51.7 Å². The first-order chi connectivity index (χ1) is 47.4. The lowest BCUT2D eigenvalue weighted by molar-refractivity contribution is -0.168. The van der Waals surface area contributed by atoms with Gasteiger partial charge in [-0.2, -0.15) is 5.06 Å². The van der Waals surface area contributed by atoms with E-state index in [1.807, 2.05) is 91.0 Å². The predicted octanol–water partition coefficient (Wildman–Crippen LogP) is 9.63. The van der Waals surface area contributed by atoms with E-state index in [9.17, 15) is 34.0 Å². The zero-order chi connectivity index (χ0) is 72.0. The van der Waals surface area contributed by atoms with Gasteiger partial charge in [0.15, 0.2) is 0 Å². The minimum atomic E-state index is -0.400. The Labute approximate surface area is 582 Å². The van der Waals surface area contributed by atoms with Gasteiger partial charge in [0.1, 0.15) is 51.7 Å². The van der Waals surface area contributed by atoms with Crippen molar-refractivity contribution in [3.63, 3.8) is 0 Å². The molecule has 0 fully saturated rings. The van der Waals surface area contributed by atoms with Crippen LogP contribution in [0, 0.1) is 0 Å². The number of ether oxygens (including phenoxy) is 9. The summed E-state index contributed by atoms with van der Waals surface area (Å²) in [5.74, 6) is 3.87. The largest absolute Gasteiger partial charge is 0.496 e. The molecule has 98 heavy (non-hydrogen) atoms. The minimum absolute atomic E-state index is 0. The number of nitrogens with one attached hydrogen (secondary N) is 4. The monoisotopic (exact) mass is 1410 g/mol. The van der Waals surface area contributed by atoms with E-state index in [4.69, 9.17) is 57.1 Å². The summed E-state index contributed by atoms with van der Waals surface area (Å²) < 4.78 is 60.2. The standard InChI is InChI=1S/C23H31N2O6P.C23H30N2O6.C15H25N2O5P.C9H11NO2.2H2/c1-24-22(26)10-7-13-30-18-14-20(28-2)19(21(15-18)29-3)16-25(31-32)23(27)12-11-17-8-5-4-6-9-17;1-24-22(26)10-7-13-31-18-14-20(29-2)19(21(15-18)30-3)16-25(28)23(27)12-11-17-8-5-4-6-9-17;1-16-15(18)6-5-7-21-11-8-13(19-3)12(10-17(2)22-23)14(9-11)20-4;11-9(10-12)7-6-8-4-2-1-3-5-8;;/h4-6,8-9,14-15H,7,10-13,16,32H2,1-3H3,(H,24,26);4-6,8-9,14-15,28H,7,10-13,16H2,1-3H3,(H,24,26);8-9H,5-7,10,23H2,1-4H3,(H,16,18);1-5,12H,6-7H2,(H,10,11);2*1H/i;;;;2*1+2. The summed E-state index contributed by atoms with van der Waals surface area (Å²) in [5.41, 5.74) is 6.84. The Morgan fingerprint density at radius 2 is 0.724 bits per heavy atom. The third kappa shape index (κ3) is 31.5. The SMILES string of the molecule is CNC(=O)CCCOc1cc(OC)c(CN(C)OP)c(OC)c1.CNC(=O)CCCOc1cc(OC)c(CN(O)C(=O)CCc2ccccc2)c(OC)c1.CNC(=O)CCCOc1cc(OC)c(CN(OP)C(=O)CCc2ccccc2)c(OC)c1.O=C(CCc1ccccc1)NO.[3HH].[3HH]. The fraction of sp³-hybridized carbons (Fsp3) is 0.400. The number of hydroxylamine groups is 7. The molecule has 0 radical (unpaired) electrons. The van der Waals surface area contributed by atoms with Crippen LogP contribution in [-0.2, 0) is 76.9 Å². The molecule has 6 amide bonds. The molecule has 6 aromatic rings. The molecule has 2 atom stereocenters. The third-order valence-electron chi connectivity index (χ3n) is 14.4. The summed E-state index contributed by atoms with van der Waals surface area (Å²) in [6, 6.07) is 39.5. The lowest BCUT2D eigenvalue weighted by Gasteiger charge is -2.23. The molecule has 0 heterocycles. The Hall–Kier alpha value is -9.00. The second-order valence-electron chi connectivity index (χ2n) is 21.2. The van der Waals surface area contributed by atoms with Gasteiger partial charge in [-0.15, -0.1) is 0 Å². The van der Waals surface area contributed by atoms with Gasteiger partial charge >= 0.3 is 0 Å². The first-order valence-corrected chi connectivity index (χ1v) is 32.4. The molecule has 0 bridgehead atoms. The highest BCUT2D eigenvalue weighted by Crippen LogP contribution is 2.38. The van der Waals surface area contributed by atoms with E-state index in [-0.39, 0.29) is 51.9 Å². The molecule has 540 valence electrons. The molecule has 26 nitrogen and oxygen atoms in total. The van der Waals surface area contributed by atoms with Crippen molar-refractivity contribution >= 4 is 54.4 Å². The maximum atomic E-state index is 12.7. The van der Waals surface area contributed by atoms with Crippen molar-refractivity contribution in [2.75, 3.05) is 90.7 Å². The van der Waals surface area contributed by atoms with Crippen LogP contribution in [0.15, 0.2) is 127 Å². The van der Waals surface area contributed by atoms with E-state index in [1.165, 1.54) is 33.5 Å². The summed E-state index contributed by atoms with van der Waals surface area (Å²) in [6.07, 6.45) is 5.57. The molecule has 2 unspecified atom stereocenters. The number of amides is 6. The molecular weight excluding hydrogens is 1300 g/mol. The number of aryl methyl sites for hydroxylation is 3. The Morgan fingerprint density at radius 1 is 0.418 bits per heavy atom. The van der Waals surface area contributed by atoms with E-state index in [0.29, 0.717) is 165 Å². The van der Waals surface area contributed by atoms with Gasteiger partial charge in [-0.1, -0.05) is 91.0 Å². The highest BCUT2D eigenvalue weighted by molar-refractivity contribution is 7.09. The van der Waals surface area contributed by atoms with Crippen LogP contribution in [0.1, 0.15) is 94.0 Å². The average molecular weight is 1410 g/mol. The van der Waals surface area contributed by atoms with Crippen LogP contribution in [0.25, 0.3) is 0 Å². The number of benzene rings is 6. The van der Waals surface area contributed by atoms with Gasteiger partial charge in [0.2, 0.25) is 35.4 Å². The molecule has 0 saturated carbocycles. The van der Waals surface area contributed by atoms with Crippen molar-refractivity contribution in [1.29, 1.82) is 0 Å². The van der Waals surface area contributed by atoms with Crippen molar-refractivity contribution in [3.05, 3.63) is 161 Å². The molecule has 6 rings (SSSR count). The van der Waals surface area contributed by atoms with E-state index in [0.717, 1.165) is 22.3 Å². The molecule has 0 aliphatic carbocycles. The normalized spacial score (nSPS) is 10.3. The summed E-state index contributed by atoms with van der Waals surface area (Å²) in [7, 11) is 20.2. The van der Waals surface area contributed by atoms with Gasteiger partial charge in [-0.3, -0.25) is 48.4 Å². The number of rotatable bonds is 38. The van der Waals surface area contributed by atoms with Crippen LogP contribution < -0.4 is 64.1 Å². The van der Waals surface area contributed by atoms with Crippen LogP contribution in [-0.4, -0.2) is 152 Å². The maximum absolute atomic E-state index is 12.7. The number of methoxy groups -OCH3 is 6. The summed E-state index contributed by atoms with van der Waals surface area (Å²) in [4.78, 5) is 69.5. The molecule has 0 saturated heterocycles. The number of hydrogen-bond donors (Lipinski definition) is 6. The second-order valence-corrected chi connectivity index (χ2v) is 21.6. The van der Waals surface area contributed by atoms with Crippen LogP contribution in [0.5, 0.6) is 51.7 Å². The Bertz CT molecular complexity index is 3260. The smallest absolute Gasteiger partial charge is 0.247 e. The third-order valence-corrected chi connectivity index (χ3v) is 15.1. The van der Waals surface area contributed by atoms with Gasteiger partial charge in [0, 0.05) is 125 Å². The molecule has 0 aliphatic heterocycles. The molecular formula is C70H101N7O19P2. The number of hydrogen-bond acceptors (Lipinski definition) is 20. The highest BCUT2D eigenvalue weighted by atomic mass is 31.0. The van der Waals surface area contributed by atoms with E-state index >= 15 is 0 Å². The molecule has 6 aromatic carbocycles. The van der Waals surface area contributed by atoms with Crippen molar-refractivity contribution in [1.82, 2.24) is 36.6 Å². The summed E-state index contributed by atoms with van der Waals surface area (Å²) >= 11 is 0. The second kappa shape index (κ2) is 48.7. The van der Waals surface area contributed by atoms with Crippen molar-refractivity contribution in [2.24, 2.45) is 0 Å². The van der Waals surface area contributed by atoms with E-state index < -0.39 is 5.91 Å². The topological polar surface area (TPSA) is 302 Å². The quantitative estimate of drug-likeness (QED) is 0.00909. The number of nitrogens with zero attached hydrogens (tertiary/aromatic N) is 3. The van der Waals surface area contributed by atoms with Gasteiger partial charge < -0.3 is 58.6 Å². The lowest BCUT2D eigenvalue weighted by Crippen LogP contribution is -2.28. The fourth-order valence-corrected chi connectivity index (χ4v) is 9.34. The fourth-order valence-electron chi connectivity index (χ4n) is 9.07. The maximum Gasteiger partial charge on any atom is 0.247 e. The van der Waals surface area contributed by atoms with E-state index in [1.54, 1.807) is 89.4 Å². The zero-order valence-electron chi connectivity index (χ0n) is 57.7. The summed E-state index contributed by atoms with van der Waals surface area (Å²) in [6.45, 7) is 1.71. The van der Waals surface area contributed by atoms with Gasteiger partial charge in [-0.05, 0) is 55.2 Å². The van der Waals surface area contributed by atoms with Crippen LogP contribution in [0.2, 0.25) is 0 Å².